The maximum absolute atomic E-state index is 8.84. The molecule has 0 radical (unpaired) electrons. The Labute approximate surface area is 43.7 Å². The lowest BCUT2D eigenvalue weighted by Gasteiger charge is -2.17. The highest BCUT2D eigenvalue weighted by molar-refractivity contribution is 4.54. The molecular weight excluding hydrogens is 92.1 g/mol. The van der Waals surface area contributed by atoms with Crippen LogP contribution in [-0.2, 0) is 0 Å². The van der Waals surface area contributed by atoms with Gasteiger partial charge in [-0.15, -0.1) is 0 Å². The van der Waals surface area contributed by atoms with Crippen LogP contribution < -0.4 is 10.9 Å². The van der Waals surface area contributed by atoms with Gasteiger partial charge in [0.1, 0.15) is 5.72 Å². The van der Waals surface area contributed by atoms with E-state index in [1.807, 2.05) is 0 Å². The third kappa shape index (κ3) is 5.88. The fraction of sp³-hybridized carbons (Fsp3) is 1.00. The van der Waals surface area contributed by atoms with E-state index in [-0.39, 0.29) is 0 Å². The van der Waals surface area contributed by atoms with Crippen molar-refractivity contribution < 1.29 is 5.11 Å². The topological polar surface area (TPSA) is 44.3 Å². The molecule has 0 aromatic rings. The summed E-state index contributed by atoms with van der Waals surface area (Å²) >= 11 is 0. The van der Waals surface area contributed by atoms with E-state index in [1.54, 1.807) is 20.9 Å². The molecule has 0 aromatic heterocycles. The maximum Gasteiger partial charge on any atom is 0.122 e. The summed E-state index contributed by atoms with van der Waals surface area (Å²) in [4.78, 5) is 0. The molecule has 0 unspecified atom stereocenters. The normalized spacial score (nSPS) is 12.0. The van der Waals surface area contributed by atoms with Crippen molar-refractivity contribution in [3.8, 4) is 0 Å². The summed E-state index contributed by atoms with van der Waals surface area (Å²) in [6, 6.07) is 0. The Balaban J connectivity index is 3.15. The second-order valence-electron chi connectivity index (χ2n) is 1.93. The molecule has 0 rings (SSSR count). The highest BCUT2D eigenvalue weighted by Crippen LogP contribution is 1.88. The van der Waals surface area contributed by atoms with E-state index in [0.29, 0.717) is 0 Å². The van der Waals surface area contributed by atoms with Gasteiger partial charge in [-0.2, -0.15) is 0 Å². The quantitative estimate of drug-likeness (QED) is 0.325. The van der Waals surface area contributed by atoms with Crippen LogP contribution >= 0.6 is 0 Å². The number of aliphatic hydroxyl groups is 1. The summed E-state index contributed by atoms with van der Waals surface area (Å²) < 4.78 is 0. The summed E-state index contributed by atoms with van der Waals surface area (Å²) in [5, 5.41) is 8.84. The Hall–Kier alpha value is -0.120. The van der Waals surface area contributed by atoms with E-state index < -0.39 is 5.72 Å². The SMILES string of the molecule is CNNC(C)(C)O. The lowest BCUT2D eigenvalue weighted by Crippen LogP contribution is -2.46. The molecule has 44 valence electrons. The van der Waals surface area contributed by atoms with E-state index in [9.17, 15) is 0 Å². The van der Waals surface area contributed by atoms with Crippen molar-refractivity contribution in [2.45, 2.75) is 19.6 Å². The average molecular weight is 104 g/mol. The number of hydrogen-bond donors (Lipinski definition) is 3. The zero-order valence-corrected chi connectivity index (χ0v) is 4.95. The van der Waals surface area contributed by atoms with Gasteiger partial charge in [0, 0.05) is 0 Å². The summed E-state index contributed by atoms with van der Waals surface area (Å²) in [5.74, 6) is 0. The van der Waals surface area contributed by atoms with Gasteiger partial charge in [0.2, 0.25) is 0 Å². The first kappa shape index (κ1) is 6.88. The maximum atomic E-state index is 8.84. The van der Waals surface area contributed by atoms with Crippen molar-refractivity contribution in [2.75, 3.05) is 7.05 Å². The Morgan fingerprint density at radius 1 is 1.43 bits per heavy atom. The lowest BCUT2D eigenvalue weighted by atomic mass is 10.3. The van der Waals surface area contributed by atoms with Crippen LogP contribution in [0.3, 0.4) is 0 Å². The van der Waals surface area contributed by atoms with E-state index in [1.165, 1.54) is 0 Å². The Morgan fingerprint density at radius 2 is 1.86 bits per heavy atom. The standard InChI is InChI=1S/C4H12N2O/c1-4(2,7)6-5-3/h5-7H,1-3H3. The molecule has 0 aliphatic rings. The fourth-order valence-corrected chi connectivity index (χ4v) is 0.306. The Kier molecular flexibility index (Phi) is 2.22. The second-order valence-corrected chi connectivity index (χ2v) is 1.93. The van der Waals surface area contributed by atoms with Crippen molar-refractivity contribution >= 4 is 0 Å². The van der Waals surface area contributed by atoms with Crippen molar-refractivity contribution in [3.05, 3.63) is 0 Å². The molecule has 3 heteroatoms. The molecule has 0 amide bonds. The molecule has 0 saturated heterocycles. The predicted octanol–water partition coefficient (Wildman–Crippen LogP) is -0.561. The summed E-state index contributed by atoms with van der Waals surface area (Å²) in [6.07, 6.45) is 0. The minimum atomic E-state index is -0.811. The number of hydrazine groups is 1. The van der Waals surface area contributed by atoms with Crippen molar-refractivity contribution in [3.63, 3.8) is 0 Å². The smallest absolute Gasteiger partial charge is 0.122 e. The zero-order chi connectivity index (χ0) is 5.91. The van der Waals surface area contributed by atoms with Crippen molar-refractivity contribution in [2.24, 2.45) is 0 Å². The predicted molar refractivity (Wildman–Crippen MR) is 28.5 cm³/mol. The summed E-state index contributed by atoms with van der Waals surface area (Å²) in [5.41, 5.74) is 4.39. The molecule has 7 heavy (non-hydrogen) atoms. The molecule has 0 saturated carbocycles. The minimum absolute atomic E-state index is 0.811. The van der Waals surface area contributed by atoms with Gasteiger partial charge in [-0.05, 0) is 20.9 Å². The van der Waals surface area contributed by atoms with Crippen LogP contribution in [0, 0.1) is 0 Å². The number of hydrogen-bond acceptors (Lipinski definition) is 3. The van der Waals surface area contributed by atoms with Crippen LogP contribution in [0.15, 0.2) is 0 Å². The third-order valence-electron chi connectivity index (χ3n) is 0.431. The van der Waals surface area contributed by atoms with Gasteiger partial charge >= 0.3 is 0 Å². The molecule has 0 aliphatic heterocycles. The van der Waals surface area contributed by atoms with Gasteiger partial charge in [0.05, 0.1) is 0 Å². The highest BCUT2D eigenvalue weighted by atomic mass is 16.3. The Morgan fingerprint density at radius 3 is 1.86 bits per heavy atom. The van der Waals surface area contributed by atoms with E-state index in [2.05, 4.69) is 10.9 Å². The van der Waals surface area contributed by atoms with Crippen molar-refractivity contribution in [1.82, 2.24) is 10.9 Å². The van der Waals surface area contributed by atoms with Gasteiger partial charge in [0.25, 0.3) is 0 Å². The lowest BCUT2D eigenvalue weighted by molar-refractivity contribution is 0.0312. The largest absolute Gasteiger partial charge is 0.375 e. The van der Waals surface area contributed by atoms with E-state index >= 15 is 0 Å². The molecule has 0 bridgehead atoms. The minimum Gasteiger partial charge on any atom is -0.375 e. The molecule has 0 aliphatic carbocycles. The first-order valence-corrected chi connectivity index (χ1v) is 2.22. The van der Waals surface area contributed by atoms with Crippen LogP contribution in [-0.4, -0.2) is 17.9 Å². The van der Waals surface area contributed by atoms with E-state index in [4.69, 9.17) is 5.11 Å². The average Bonchev–Trinajstić information content (AvgIpc) is 1.30. The number of rotatable bonds is 2. The van der Waals surface area contributed by atoms with Gasteiger partial charge < -0.3 is 5.11 Å². The molecule has 0 atom stereocenters. The summed E-state index contributed by atoms with van der Waals surface area (Å²) in [7, 11) is 1.71. The molecule has 0 fully saturated rings. The monoisotopic (exact) mass is 104 g/mol. The van der Waals surface area contributed by atoms with Crippen LogP contribution in [0.4, 0.5) is 0 Å². The van der Waals surface area contributed by atoms with Crippen molar-refractivity contribution in [1.29, 1.82) is 0 Å². The first-order valence-electron chi connectivity index (χ1n) is 2.22. The van der Waals surface area contributed by atoms with Gasteiger partial charge in [0.15, 0.2) is 0 Å². The van der Waals surface area contributed by atoms with Crippen LogP contribution in [0.2, 0.25) is 0 Å². The third-order valence-corrected chi connectivity index (χ3v) is 0.431. The molecule has 3 nitrogen and oxygen atoms in total. The summed E-state index contributed by atoms with van der Waals surface area (Å²) in [6.45, 7) is 3.31. The van der Waals surface area contributed by atoms with Crippen LogP contribution in [0.25, 0.3) is 0 Å². The van der Waals surface area contributed by atoms with Gasteiger partial charge in [-0.3, -0.25) is 5.43 Å². The molecule has 3 N–H and O–H groups in total. The van der Waals surface area contributed by atoms with E-state index in [0.717, 1.165) is 0 Å². The molecular formula is C4H12N2O. The molecule has 0 aromatic carbocycles. The van der Waals surface area contributed by atoms with Gasteiger partial charge in [-0.1, -0.05) is 0 Å². The van der Waals surface area contributed by atoms with Crippen LogP contribution in [0.1, 0.15) is 13.8 Å². The molecule has 0 spiro atoms. The Bertz CT molecular complexity index is 48.1. The fourth-order valence-electron chi connectivity index (χ4n) is 0.306. The highest BCUT2D eigenvalue weighted by Gasteiger charge is 2.07. The molecule has 0 heterocycles. The second kappa shape index (κ2) is 2.26. The first-order chi connectivity index (χ1) is 3.06. The van der Waals surface area contributed by atoms with Crippen LogP contribution in [0.5, 0.6) is 0 Å². The zero-order valence-electron chi connectivity index (χ0n) is 4.95. The number of nitrogens with one attached hydrogen (secondary N) is 2. The van der Waals surface area contributed by atoms with Gasteiger partial charge in [-0.25, -0.2) is 5.43 Å².